The van der Waals surface area contributed by atoms with Crippen molar-refractivity contribution >= 4 is 17.4 Å². The van der Waals surface area contributed by atoms with Crippen molar-refractivity contribution in [1.82, 2.24) is 4.98 Å². The van der Waals surface area contributed by atoms with Gasteiger partial charge in [-0.15, -0.1) is 0 Å². The number of aromatic nitrogens is 1. The third-order valence-corrected chi connectivity index (χ3v) is 2.65. The highest BCUT2D eigenvalue weighted by molar-refractivity contribution is 6.13. The second-order valence-corrected chi connectivity index (χ2v) is 3.80. The number of ketones is 1. The minimum absolute atomic E-state index is 0.102. The first-order valence-corrected chi connectivity index (χ1v) is 5.57. The minimum Gasteiger partial charge on any atom is -0.465 e. The number of nitrogen functional groups attached to an aromatic ring is 1. The number of hydrogen-bond donors (Lipinski definition) is 1. The molecule has 5 nitrogen and oxygen atoms in total. The SMILES string of the molecule is COC(=O)c1cccc(C(=O)c2ccccn2)c1N. The third kappa shape index (κ3) is 2.44. The molecule has 0 saturated heterocycles. The first-order valence-electron chi connectivity index (χ1n) is 5.57. The number of nitrogens with two attached hydrogens (primary N) is 1. The summed E-state index contributed by atoms with van der Waals surface area (Å²) in [4.78, 5) is 27.7. The Morgan fingerprint density at radius 2 is 1.84 bits per heavy atom. The summed E-state index contributed by atoms with van der Waals surface area (Å²) in [5.41, 5.74) is 6.63. The summed E-state index contributed by atoms with van der Waals surface area (Å²) >= 11 is 0. The molecule has 1 heterocycles. The molecule has 5 heteroatoms. The number of methoxy groups -OCH3 is 1. The molecule has 0 atom stereocenters. The first-order chi connectivity index (χ1) is 9.15. The summed E-state index contributed by atoms with van der Waals surface area (Å²) in [6, 6.07) is 9.66. The van der Waals surface area contributed by atoms with E-state index in [1.165, 1.54) is 19.4 Å². The van der Waals surface area contributed by atoms with Crippen LogP contribution in [0.15, 0.2) is 42.6 Å². The zero-order valence-electron chi connectivity index (χ0n) is 10.3. The van der Waals surface area contributed by atoms with E-state index in [-0.39, 0.29) is 28.3 Å². The molecule has 0 aliphatic heterocycles. The molecule has 1 aromatic carbocycles. The lowest BCUT2D eigenvalue weighted by atomic mass is 10.0. The number of pyridine rings is 1. The molecule has 0 radical (unpaired) electrons. The van der Waals surface area contributed by atoms with Crippen molar-refractivity contribution in [2.75, 3.05) is 12.8 Å². The Labute approximate surface area is 110 Å². The van der Waals surface area contributed by atoms with Gasteiger partial charge in [0.1, 0.15) is 5.69 Å². The van der Waals surface area contributed by atoms with E-state index in [1.54, 1.807) is 30.3 Å². The molecular formula is C14H12N2O3. The molecule has 0 saturated carbocycles. The van der Waals surface area contributed by atoms with Crippen LogP contribution in [0.2, 0.25) is 0 Å². The Morgan fingerprint density at radius 1 is 1.11 bits per heavy atom. The van der Waals surface area contributed by atoms with Crippen LogP contribution in [0.25, 0.3) is 0 Å². The highest BCUT2D eigenvalue weighted by Crippen LogP contribution is 2.20. The number of rotatable bonds is 3. The molecule has 2 rings (SSSR count). The maximum absolute atomic E-state index is 12.2. The van der Waals surface area contributed by atoms with Gasteiger partial charge in [-0.2, -0.15) is 0 Å². The first kappa shape index (κ1) is 12.8. The van der Waals surface area contributed by atoms with Gasteiger partial charge in [0.25, 0.3) is 0 Å². The number of para-hydroxylation sites is 1. The van der Waals surface area contributed by atoms with E-state index in [2.05, 4.69) is 9.72 Å². The van der Waals surface area contributed by atoms with Gasteiger partial charge in [-0.3, -0.25) is 9.78 Å². The number of carbonyl (C=O) groups excluding carboxylic acids is 2. The molecule has 0 bridgehead atoms. The molecule has 19 heavy (non-hydrogen) atoms. The molecule has 96 valence electrons. The van der Waals surface area contributed by atoms with E-state index in [0.29, 0.717) is 0 Å². The Hall–Kier alpha value is -2.69. The average molecular weight is 256 g/mol. The van der Waals surface area contributed by atoms with Crippen LogP contribution < -0.4 is 5.73 Å². The quantitative estimate of drug-likeness (QED) is 0.513. The summed E-state index contributed by atoms with van der Waals surface area (Å²) in [6.07, 6.45) is 1.52. The van der Waals surface area contributed by atoms with E-state index in [4.69, 9.17) is 5.73 Å². The van der Waals surface area contributed by atoms with Crippen molar-refractivity contribution in [3.05, 3.63) is 59.4 Å². The lowest BCUT2D eigenvalue weighted by Gasteiger charge is -2.08. The molecule has 2 aromatic rings. The van der Waals surface area contributed by atoms with Crippen LogP contribution in [0.4, 0.5) is 5.69 Å². The largest absolute Gasteiger partial charge is 0.465 e. The number of benzene rings is 1. The van der Waals surface area contributed by atoms with E-state index >= 15 is 0 Å². The van der Waals surface area contributed by atoms with Crippen molar-refractivity contribution in [1.29, 1.82) is 0 Å². The lowest BCUT2D eigenvalue weighted by molar-refractivity contribution is 0.0602. The van der Waals surface area contributed by atoms with Gasteiger partial charge < -0.3 is 10.5 Å². The second kappa shape index (κ2) is 5.30. The second-order valence-electron chi connectivity index (χ2n) is 3.80. The van der Waals surface area contributed by atoms with Crippen molar-refractivity contribution in [2.24, 2.45) is 0 Å². The van der Waals surface area contributed by atoms with Crippen molar-refractivity contribution in [2.45, 2.75) is 0 Å². The fraction of sp³-hybridized carbons (Fsp3) is 0.0714. The monoisotopic (exact) mass is 256 g/mol. The zero-order valence-corrected chi connectivity index (χ0v) is 10.3. The molecule has 1 aromatic heterocycles. The topological polar surface area (TPSA) is 82.3 Å². The van der Waals surface area contributed by atoms with E-state index in [9.17, 15) is 9.59 Å². The molecular weight excluding hydrogens is 244 g/mol. The van der Waals surface area contributed by atoms with Crippen LogP contribution in [0, 0.1) is 0 Å². The third-order valence-electron chi connectivity index (χ3n) is 2.65. The highest BCUT2D eigenvalue weighted by atomic mass is 16.5. The van der Waals surface area contributed by atoms with E-state index in [0.717, 1.165) is 0 Å². The number of carbonyl (C=O) groups is 2. The number of ether oxygens (including phenoxy) is 1. The standard InChI is InChI=1S/C14H12N2O3/c1-19-14(18)10-6-4-5-9(12(10)15)13(17)11-7-2-3-8-16-11/h2-8H,15H2,1H3. The highest BCUT2D eigenvalue weighted by Gasteiger charge is 2.18. The van der Waals surface area contributed by atoms with Gasteiger partial charge in [0.2, 0.25) is 5.78 Å². The van der Waals surface area contributed by atoms with Crippen LogP contribution in [0.3, 0.4) is 0 Å². The van der Waals surface area contributed by atoms with Gasteiger partial charge in [-0.25, -0.2) is 4.79 Å². The normalized spacial score (nSPS) is 9.95. The smallest absolute Gasteiger partial charge is 0.339 e. The fourth-order valence-corrected chi connectivity index (χ4v) is 1.69. The predicted molar refractivity (Wildman–Crippen MR) is 69.9 cm³/mol. The van der Waals surface area contributed by atoms with Crippen LogP contribution in [0.5, 0.6) is 0 Å². The number of esters is 1. The molecule has 0 amide bonds. The number of hydrogen-bond acceptors (Lipinski definition) is 5. The molecule has 2 N–H and O–H groups in total. The van der Waals surface area contributed by atoms with E-state index < -0.39 is 5.97 Å². The predicted octanol–water partition coefficient (Wildman–Crippen LogP) is 1.68. The average Bonchev–Trinajstić information content (AvgIpc) is 2.47. The fourth-order valence-electron chi connectivity index (χ4n) is 1.69. The van der Waals surface area contributed by atoms with Gasteiger partial charge in [0.05, 0.1) is 18.4 Å². The molecule has 0 aliphatic carbocycles. The van der Waals surface area contributed by atoms with Gasteiger partial charge in [-0.05, 0) is 24.3 Å². The summed E-state index contributed by atoms with van der Waals surface area (Å²) in [5.74, 6) is -0.906. The van der Waals surface area contributed by atoms with Gasteiger partial charge >= 0.3 is 5.97 Å². The number of nitrogens with zero attached hydrogens (tertiary/aromatic N) is 1. The lowest BCUT2D eigenvalue weighted by Crippen LogP contribution is -2.12. The summed E-state index contributed by atoms with van der Waals surface area (Å²) in [6.45, 7) is 0. The Morgan fingerprint density at radius 3 is 2.47 bits per heavy atom. The van der Waals surface area contributed by atoms with Crippen molar-refractivity contribution in [3.8, 4) is 0 Å². The summed E-state index contributed by atoms with van der Waals surface area (Å²) in [5, 5.41) is 0. The summed E-state index contributed by atoms with van der Waals surface area (Å²) < 4.78 is 4.61. The van der Waals surface area contributed by atoms with Gasteiger partial charge in [0, 0.05) is 11.8 Å². The molecule has 0 unspecified atom stereocenters. The van der Waals surface area contributed by atoms with Crippen LogP contribution in [0.1, 0.15) is 26.4 Å². The van der Waals surface area contributed by atoms with Crippen molar-refractivity contribution in [3.63, 3.8) is 0 Å². The van der Waals surface area contributed by atoms with Crippen LogP contribution in [-0.4, -0.2) is 23.8 Å². The van der Waals surface area contributed by atoms with E-state index in [1.807, 2.05) is 0 Å². The maximum atomic E-state index is 12.2. The zero-order chi connectivity index (χ0) is 13.8. The Balaban J connectivity index is 2.47. The molecule has 0 aliphatic rings. The summed E-state index contributed by atoms with van der Waals surface area (Å²) in [7, 11) is 1.26. The van der Waals surface area contributed by atoms with Gasteiger partial charge in [-0.1, -0.05) is 12.1 Å². The van der Waals surface area contributed by atoms with Crippen LogP contribution in [-0.2, 0) is 4.74 Å². The molecule has 0 fully saturated rings. The van der Waals surface area contributed by atoms with Crippen molar-refractivity contribution < 1.29 is 14.3 Å². The Kier molecular flexibility index (Phi) is 3.56. The van der Waals surface area contributed by atoms with Gasteiger partial charge in [0.15, 0.2) is 0 Å². The van der Waals surface area contributed by atoms with Crippen LogP contribution >= 0.6 is 0 Å². The molecule has 0 spiro atoms. The number of anilines is 1. The Bertz CT molecular complexity index is 624. The maximum Gasteiger partial charge on any atom is 0.339 e. The minimum atomic E-state index is -0.576.